The second-order valence-electron chi connectivity index (χ2n) is 6.95. The predicted molar refractivity (Wildman–Crippen MR) is 85.6 cm³/mol. The van der Waals surface area contributed by atoms with Crippen LogP contribution >= 0.6 is 0 Å². The first-order valence-electron chi connectivity index (χ1n) is 8.27. The van der Waals surface area contributed by atoms with Crippen molar-refractivity contribution in [1.29, 1.82) is 0 Å². The Bertz CT molecular complexity index is 462. The normalized spacial score (nSPS) is 23.2. The van der Waals surface area contributed by atoms with Crippen molar-refractivity contribution in [2.45, 2.75) is 64.2 Å². The summed E-state index contributed by atoms with van der Waals surface area (Å²) in [5.41, 5.74) is 0. The van der Waals surface area contributed by atoms with Gasteiger partial charge in [-0.15, -0.1) is 0 Å². The Balaban J connectivity index is 1.87. The molecule has 0 N–H and O–H groups in total. The lowest BCUT2D eigenvalue weighted by Gasteiger charge is -2.23. The molecule has 2 aliphatic carbocycles. The summed E-state index contributed by atoms with van der Waals surface area (Å²) in [6.07, 6.45) is 10.4. The van der Waals surface area contributed by atoms with Crippen LogP contribution in [0.3, 0.4) is 0 Å². The quantitative estimate of drug-likeness (QED) is 0.748. The first-order valence-corrected chi connectivity index (χ1v) is 11.9. The smallest absolute Gasteiger partial charge is 0.164 e. The van der Waals surface area contributed by atoms with Crippen molar-refractivity contribution in [3.8, 4) is 0 Å². The molecule has 21 heavy (non-hydrogen) atoms. The highest BCUT2D eigenvalue weighted by Crippen LogP contribution is 2.27. The van der Waals surface area contributed by atoms with Crippen molar-refractivity contribution < 1.29 is 16.8 Å². The Kier molecular flexibility index (Phi) is 6.12. The minimum absolute atomic E-state index is 0.0664. The van der Waals surface area contributed by atoms with E-state index in [2.05, 4.69) is 0 Å². The summed E-state index contributed by atoms with van der Waals surface area (Å²) in [7, 11) is -6.96. The molecule has 0 aromatic carbocycles. The van der Waals surface area contributed by atoms with Crippen LogP contribution in [0, 0.1) is 11.8 Å². The summed E-state index contributed by atoms with van der Waals surface area (Å²) in [5, 5.41) is -0.632. The summed E-state index contributed by atoms with van der Waals surface area (Å²) in [6, 6.07) is 0. The molecule has 0 saturated heterocycles. The van der Waals surface area contributed by atoms with E-state index < -0.39 is 24.8 Å². The van der Waals surface area contributed by atoms with E-state index in [9.17, 15) is 16.8 Å². The number of hydrogen-bond donors (Lipinski definition) is 0. The summed E-state index contributed by atoms with van der Waals surface area (Å²) in [4.78, 5) is 0. The van der Waals surface area contributed by atoms with Gasteiger partial charge in [-0.25, -0.2) is 16.8 Å². The Morgan fingerprint density at radius 2 is 0.905 bits per heavy atom. The summed E-state index contributed by atoms with van der Waals surface area (Å²) >= 11 is 0. The molecular formula is C15H28O4S2. The maximum absolute atomic E-state index is 12.2. The zero-order chi connectivity index (χ0) is 15.3. The predicted octanol–water partition coefficient (Wildman–Crippen LogP) is 2.93. The summed E-state index contributed by atoms with van der Waals surface area (Å²) < 4.78 is 48.7. The van der Waals surface area contributed by atoms with E-state index in [1.165, 1.54) is 12.8 Å². The molecule has 124 valence electrons. The van der Waals surface area contributed by atoms with Crippen LogP contribution < -0.4 is 0 Å². The van der Waals surface area contributed by atoms with Gasteiger partial charge in [-0.1, -0.05) is 38.5 Å². The Labute approximate surface area is 129 Å². The highest BCUT2D eigenvalue weighted by Gasteiger charge is 2.29. The van der Waals surface area contributed by atoms with Gasteiger partial charge in [0.05, 0.1) is 11.5 Å². The molecule has 2 aliphatic rings. The van der Waals surface area contributed by atoms with Crippen LogP contribution in [-0.4, -0.2) is 33.4 Å². The standard InChI is InChI=1S/C15H28O4S2/c16-20(17,11-14-7-3-1-4-8-14)13-21(18,19)12-15-9-5-2-6-10-15/h14-15H,1-13H2. The van der Waals surface area contributed by atoms with Crippen LogP contribution in [0.4, 0.5) is 0 Å². The Hall–Kier alpha value is -0.100. The van der Waals surface area contributed by atoms with Crippen LogP contribution in [0.5, 0.6) is 0 Å². The monoisotopic (exact) mass is 336 g/mol. The zero-order valence-corrected chi connectivity index (χ0v) is 14.4. The molecule has 2 saturated carbocycles. The van der Waals surface area contributed by atoms with Crippen LogP contribution in [0.1, 0.15) is 64.2 Å². The fraction of sp³-hybridized carbons (Fsp3) is 1.00. The largest absolute Gasteiger partial charge is 0.228 e. The average molecular weight is 337 g/mol. The first kappa shape index (κ1) is 17.3. The average Bonchev–Trinajstić information content (AvgIpc) is 2.38. The number of sulfone groups is 2. The van der Waals surface area contributed by atoms with Gasteiger partial charge in [0.25, 0.3) is 0 Å². The highest BCUT2D eigenvalue weighted by atomic mass is 32.3. The van der Waals surface area contributed by atoms with Crippen molar-refractivity contribution >= 4 is 19.7 Å². The van der Waals surface area contributed by atoms with Gasteiger partial charge in [-0.05, 0) is 37.5 Å². The molecule has 4 nitrogen and oxygen atoms in total. The molecule has 0 heterocycles. The lowest BCUT2D eigenvalue weighted by Crippen LogP contribution is -2.28. The fourth-order valence-corrected chi connectivity index (χ4v) is 8.86. The van der Waals surface area contributed by atoms with Crippen LogP contribution in [0.15, 0.2) is 0 Å². The van der Waals surface area contributed by atoms with Gasteiger partial charge in [0.15, 0.2) is 24.8 Å². The van der Waals surface area contributed by atoms with E-state index >= 15 is 0 Å². The van der Waals surface area contributed by atoms with E-state index in [0.29, 0.717) is 0 Å². The van der Waals surface area contributed by atoms with Gasteiger partial charge in [-0.3, -0.25) is 0 Å². The summed E-state index contributed by atoms with van der Waals surface area (Å²) in [5.74, 6) is 0.482. The lowest BCUT2D eigenvalue weighted by atomic mass is 9.91. The maximum atomic E-state index is 12.2. The molecule has 0 spiro atoms. The molecule has 0 amide bonds. The third kappa shape index (κ3) is 6.27. The Morgan fingerprint density at radius 3 is 1.24 bits per heavy atom. The van der Waals surface area contributed by atoms with E-state index in [-0.39, 0.29) is 23.3 Å². The van der Waals surface area contributed by atoms with Crippen molar-refractivity contribution in [2.24, 2.45) is 11.8 Å². The molecule has 0 aliphatic heterocycles. The topological polar surface area (TPSA) is 68.3 Å². The third-order valence-electron chi connectivity index (χ3n) is 4.79. The molecule has 2 rings (SSSR count). The second-order valence-corrected chi connectivity index (χ2v) is 11.5. The number of hydrogen-bond acceptors (Lipinski definition) is 4. The first-order chi connectivity index (χ1) is 9.86. The van der Waals surface area contributed by atoms with Gasteiger partial charge < -0.3 is 0 Å². The van der Waals surface area contributed by atoms with Crippen LogP contribution in [0.2, 0.25) is 0 Å². The third-order valence-corrected chi connectivity index (χ3v) is 9.62. The van der Waals surface area contributed by atoms with Crippen LogP contribution in [-0.2, 0) is 19.7 Å². The van der Waals surface area contributed by atoms with E-state index in [1.54, 1.807) is 0 Å². The van der Waals surface area contributed by atoms with Gasteiger partial charge in [0, 0.05) is 0 Å². The SMILES string of the molecule is O=S(=O)(CC1CCCCC1)CS(=O)(=O)CC1CCCCC1. The minimum atomic E-state index is -3.48. The van der Waals surface area contributed by atoms with E-state index in [1.807, 2.05) is 0 Å². The maximum Gasteiger partial charge on any atom is 0.164 e. The van der Waals surface area contributed by atoms with Gasteiger partial charge in [-0.2, -0.15) is 0 Å². The molecule has 6 heteroatoms. The van der Waals surface area contributed by atoms with E-state index in [0.717, 1.165) is 51.4 Å². The van der Waals surface area contributed by atoms with Gasteiger partial charge in [0.2, 0.25) is 0 Å². The molecule has 0 atom stereocenters. The molecule has 2 fully saturated rings. The Morgan fingerprint density at radius 1 is 0.571 bits per heavy atom. The molecule has 0 unspecified atom stereocenters. The molecular weight excluding hydrogens is 308 g/mol. The van der Waals surface area contributed by atoms with Gasteiger partial charge in [0.1, 0.15) is 0 Å². The second kappa shape index (κ2) is 7.44. The highest BCUT2D eigenvalue weighted by molar-refractivity contribution is 8.08. The van der Waals surface area contributed by atoms with Crippen molar-refractivity contribution in [3.05, 3.63) is 0 Å². The van der Waals surface area contributed by atoms with Gasteiger partial charge >= 0.3 is 0 Å². The van der Waals surface area contributed by atoms with Crippen molar-refractivity contribution in [3.63, 3.8) is 0 Å². The fourth-order valence-electron chi connectivity index (χ4n) is 3.80. The molecule has 0 aromatic rings. The molecule has 0 bridgehead atoms. The zero-order valence-electron chi connectivity index (χ0n) is 12.8. The summed E-state index contributed by atoms with van der Waals surface area (Å²) in [6.45, 7) is 0. The lowest BCUT2D eigenvalue weighted by molar-refractivity contribution is 0.384. The number of rotatable bonds is 6. The molecule has 0 aromatic heterocycles. The van der Waals surface area contributed by atoms with Crippen LogP contribution in [0.25, 0.3) is 0 Å². The molecule has 0 radical (unpaired) electrons. The van der Waals surface area contributed by atoms with E-state index in [4.69, 9.17) is 0 Å². The van der Waals surface area contributed by atoms with Crippen molar-refractivity contribution in [1.82, 2.24) is 0 Å². The minimum Gasteiger partial charge on any atom is -0.228 e. The van der Waals surface area contributed by atoms with Crippen molar-refractivity contribution in [2.75, 3.05) is 16.6 Å².